The average molecular weight is 390 g/mol. The molecule has 0 unspecified atom stereocenters. The van der Waals surface area contributed by atoms with Crippen LogP contribution >= 0.6 is 0 Å². The highest BCUT2D eigenvalue weighted by atomic mass is 16.7. The maximum absolute atomic E-state index is 13.1. The number of ether oxygens (including phenoxy) is 2. The van der Waals surface area contributed by atoms with Crippen LogP contribution in [-0.2, 0) is 11.2 Å². The van der Waals surface area contributed by atoms with Crippen LogP contribution in [0.1, 0.15) is 48.8 Å². The molecular weight excluding hydrogens is 364 g/mol. The van der Waals surface area contributed by atoms with Gasteiger partial charge in [-0.15, -0.1) is 0 Å². The molecule has 0 saturated carbocycles. The van der Waals surface area contributed by atoms with Crippen molar-refractivity contribution in [3.63, 3.8) is 0 Å². The van der Waals surface area contributed by atoms with Crippen molar-refractivity contribution in [3.05, 3.63) is 59.3 Å². The van der Waals surface area contributed by atoms with Gasteiger partial charge >= 0.3 is 0 Å². The fourth-order valence-electron chi connectivity index (χ4n) is 4.63. The van der Waals surface area contributed by atoms with Crippen molar-refractivity contribution in [2.75, 3.05) is 19.9 Å². The Morgan fingerprint density at radius 3 is 2.79 bits per heavy atom. The lowest BCUT2D eigenvalue weighted by molar-refractivity contribution is -0.130. The zero-order valence-corrected chi connectivity index (χ0v) is 16.7. The van der Waals surface area contributed by atoms with Gasteiger partial charge in [-0.1, -0.05) is 31.2 Å². The quantitative estimate of drug-likeness (QED) is 0.692. The molecule has 2 aliphatic heterocycles. The van der Waals surface area contributed by atoms with Crippen LogP contribution in [0.3, 0.4) is 0 Å². The third kappa shape index (κ3) is 3.24. The molecule has 1 N–H and O–H groups in total. The van der Waals surface area contributed by atoms with Gasteiger partial charge < -0.3 is 19.4 Å². The first kappa shape index (κ1) is 18.1. The van der Waals surface area contributed by atoms with Gasteiger partial charge in [-0.3, -0.25) is 4.79 Å². The predicted octanol–water partition coefficient (Wildman–Crippen LogP) is 4.60. The molecule has 0 spiro atoms. The summed E-state index contributed by atoms with van der Waals surface area (Å²) in [7, 11) is 0. The number of likely N-dealkylation sites (tertiary alicyclic amines) is 1. The highest BCUT2D eigenvalue weighted by molar-refractivity contribution is 5.88. The number of benzene rings is 2. The van der Waals surface area contributed by atoms with Crippen molar-refractivity contribution in [2.45, 2.75) is 38.5 Å². The van der Waals surface area contributed by atoms with Crippen LogP contribution in [0.5, 0.6) is 11.5 Å². The molecule has 5 nitrogen and oxygen atoms in total. The number of rotatable bonds is 5. The smallest absolute Gasteiger partial charge is 0.231 e. The van der Waals surface area contributed by atoms with Crippen molar-refractivity contribution in [1.29, 1.82) is 0 Å². The Morgan fingerprint density at radius 2 is 1.97 bits per heavy atom. The minimum atomic E-state index is -0.0292. The lowest BCUT2D eigenvalue weighted by Crippen LogP contribution is -2.29. The highest BCUT2D eigenvalue weighted by Crippen LogP contribution is 2.40. The number of carbonyl (C=O) groups excluding carboxylic acids is 1. The number of hydrogen-bond donors (Lipinski definition) is 1. The number of aromatic nitrogens is 1. The minimum absolute atomic E-state index is 0.0292. The van der Waals surface area contributed by atoms with Crippen LogP contribution in [0.4, 0.5) is 0 Å². The highest BCUT2D eigenvalue weighted by Gasteiger charge is 2.27. The molecular formula is C24H26N2O3. The second-order valence-electron chi connectivity index (χ2n) is 7.89. The fraction of sp³-hybridized carbons (Fsp3) is 0.375. The van der Waals surface area contributed by atoms with Crippen LogP contribution in [0.25, 0.3) is 10.9 Å². The zero-order chi connectivity index (χ0) is 19.8. The molecule has 2 aliphatic rings. The number of amides is 1. The third-order valence-corrected chi connectivity index (χ3v) is 6.23. The van der Waals surface area contributed by atoms with Gasteiger partial charge in [-0.05, 0) is 48.1 Å². The van der Waals surface area contributed by atoms with Crippen molar-refractivity contribution in [1.82, 2.24) is 9.88 Å². The van der Waals surface area contributed by atoms with E-state index in [2.05, 4.69) is 42.4 Å². The van der Waals surface area contributed by atoms with Crippen LogP contribution in [0, 0.1) is 0 Å². The number of aromatic amines is 1. The molecule has 29 heavy (non-hydrogen) atoms. The lowest BCUT2D eigenvalue weighted by Gasteiger charge is -2.22. The Morgan fingerprint density at radius 1 is 1.14 bits per heavy atom. The molecule has 0 aliphatic carbocycles. The molecule has 0 radical (unpaired) electrons. The Bertz CT molecular complexity index is 1050. The van der Waals surface area contributed by atoms with Crippen LogP contribution in [0.2, 0.25) is 0 Å². The largest absolute Gasteiger partial charge is 0.454 e. The van der Waals surface area contributed by atoms with Crippen molar-refractivity contribution in [3.8, 4) is 11.5 Å². The Kier molecular flexibility index (Phi) is 4.66. The van der Waals surface area contributed by atoms with E-state index < -0.39 is 0 Å². The van der Waals surface area contributed by atoms with Gasteiger partial charge in [0.15, 0.2) is 11.5 Å². The summed E-state index contributed by atoms with van der Waals surface area (Å²) in [6.07, 6.45) is 5.72. The van der Waals surface area contributed by atoms with Crippen LogP contribution in [0.15, 0.2) is 42.6 Å². The number of nitrogens with one attached hydrogen (secondary N) is 1. The number of aryl methyl sites for hydroxylation is 1. The predicted molar refractivity (Wildman–Crippen MR) is 113 cm³/mol. The molecule has 1 saturated heterocycles. The molecule has 0 bridgehead atoms. The fourth-order valence-corrected chi connectivity index (χ4v) is 4.63. The maximum atomic E-state index is 13.1. The summed E-state index contributed by atoms with van der Waals surface area (Å²) in [6.45, 7) is 4.17. The lowest BCUT2D eigenvalue weighted by atomic mass is 9.87. The van der Waals surface area contributed by atoms with E-state index in [1.807, 2.05) is 17.0 Å². The van der Waals surface area contributed by atoms with Gasteiger partial charge in [0.2, 0.25) is 12.7 Å². The van der Waals surface area contributed by atoms with Gasteiger partial charge in [0, 0.05) is 42.5 Å². The Hall–Kier alpha value is -2.95. The Labute approximate surface area is 170 Å². The number of nitrogens with zero attached hydrogens (tertiary/aromatic N) is 1. The SMILES string of the molecule is CCc1cccc2c([C@H](CC(=O)N3CCCC3)c3ccc4c(c3)OCO4)c[nH]c12. The summed E-state index contributed by atoms with van der Waals surface area (Å²) in [5.41, 5.74) is 4.72. The summed E-state index contributed by atoms with van der Waals surface area (Å²) in [5, 5.41) is 1.20. The standard InChI is InChI=1S/C24H26N2O3/c1-2-16-6-5-7-18-20(14-25-24(16)18)19(13-23(27)26-10-3-4-11-26)17-8-9-21-22(12-17)29-15-28-21/h5-9,12,14,19,25H,2-4,10-11,13,15H2,1H3/t19-/m1/s1. The van der Waals surface area contributed by atoms with E-state index in [1.54, 1.807) is 0 Å². The van der Waals surface area contributed by atoms with E-state index in [1.165, 1.54) is 22.0 Å². The summed E-state index contributed by atoms with van der Waals surface area (Å²) in [5.74, 6) is 1.73. The first-order chi connectivity index (χ1) is 14.2. The van der Waals surface area contributed by atoms with E-state index in [-0.39, 0.29) is 18.6 Å². The number of hydrogen-bond acceptors (Lipinski definition) is 3. The number of carbonyl (C=O) groups is 1. The van der Waals surface area contributed by atoms with Gasteiger partial charge in [0.05, 0.1) is 0 Å². The summed E-state index contributed by atoms with van der Waals surface area (Å²) < 4.78 is 11.1. The molecule has 1 fully saturated rings. The molecule has 2 aromatic carbocycles. The van der Waals surface area contributed by atoms with Gasteiger partial charge in [0.25, 0.3) is 0 Å². The number of para-hydroxylation sites is 1. The molecule has 150 valence electrons. The molecule has 1 atom stereocenters. The third-order valence-electron chi connectivity index (χ3n) is 6.23. The first-order valence-electron chi connectivity index (χ1n) is 10.5. The van der Waals surface area contributed by atoms with E-state index in [0.717, 1.165) is 49.4 Å². The van der Waals surface area contributed by atoms with E-state index >= 15 is 0 Å². The zero-order valence-electron chi connectivity index (χ0n) is 16.7. The minimum Gasteiger partial charge on any atom is -0.454 e. The summed E-state index contributed by atoms with van der Waals surface area (Å²) in [4.78, 5) is 18.6. The molecule has 5 rings (SSSR count). The second kappa shape index (κ2) is 7.47. The summed E-state index contributed by atoms with van der Waals surface area (Å²) >= 11 is 0. The average Bonchev–Trinajstić information content (AvgIpc) is 3.51. The van der Waals surface area contributed by atoms with Gasteiger partial charge in [0.1, 0.15) is 0 Å². The molecule has 1 aromatic heterocycles. The van der Waals surface area contributed by atoms with Crippen LogP contribution in [-0.4, -0.2) is 35.7 Å². The molecule has 3 aromatic rings. The topological polar surface area (TPSA) is 54.6 Å². The Balaban J connectivity index is 1.57. The van der Waals surface area contributed by atoms with E-state index in [9.17, 15) is 4.79 Å². The number of fused-ring (bicyclic) bond motifs is 2. The van der Waals surface area contributed by atoms with E-state index in [4.69, 9.17) is 9.47 Å². The summed E-state index contributed by atoms with van der Waals surface area (Å²) in [6, 6.07) is 12.5. The first-order valence-corrected chi connectivity index (χ1v) is 10.5. The molecule has 5 heteroatoms. The molecule has 3 heterocycles. The number of H-pyrrole nitrogens is 1. The van der Waals surface area contributed by atoms with Crippen molar-refractivity contribution >= 4 is 16.8 Å². The van der Waals surface area contributed by atoms with Crippen LogP contribution < -0.4 is 9.47 Å². The molecule has 1 amide bonds. The van der Waals surface area contributed by atoms with E-state index in [0.29, 0.717) is 6.42 Å². The second-order valence-corrected chi connectivity index (χ2v) is 7.89. The monoisotopic (exact) mass is 390 g/mol. The van der Waals surface area contributed by atoms with Crippen molar-refractivity contribution < 1.29 is 14.3 Å². The normalized spacial score (nSPS) is 16.5. The maximum Gasteiger partial charge on any atom is 0.231 e. The van der Waals surface area contributed by atoms with Crippen molar-refractivity contribution in [2.24, 2.45) is 0 Å². The van der Waals surface area contributed by atoms with Gasteiger partial charge in [-0.25, -0.2) is 0 Å². The van der Waals surface area contributed by atoms with Gasteiger partial charge in [-0.2, -0.15) is 0 Å².